The first-order chi connectivity index (χ1) is 10.7. The molecule has 1 saturated heterocycles. The molecule has 1 fully saturated rings. The topological polar surface area (TPSA) is 105 Å². The first kappa shape index (κ1) is 14.1. The van der Waals surface area contributed by atoms with Crippen LogP contribution in [-0.2, 0) is 0 Å². The summed E-state index contributed by atoms with van der Waals surface area (Å²) in [4.78, 5) is 16.1. The first-order valence-corrected chi connectivity index (χ1v) is 6.92. The number of aromatic nitrogens is 2. The number of likely N-dealkylation sites (N-methyl/N-ethyl adjacent to an activating group) is 1. The molecule has 8 heteroatoms. The van der Waals surface area contributed by atoms with Crippen LogP contribution >= 0.6 is 0 Å². The van der Waals surface area contributed by atoms with E-state index in [1.807, 2.05) is 0 Å². The third-order valence-corrected chi connectivity index (χ3v) is 3.72. The number of nitrogens with zero attached hydrogens (tertiary/aromatic N) is 8. The zero-order chi connectivity index (χ0) is 15.5. The molecule has 0 atom stereocenters. The minimum atomic E-state index is 0.263. The summed E-state index contributed by atoms with van der Waals surface area (Å²) in [6.07, 6.45) is 0. The molecule has 2 heterocycles. The molecule has 3 rings (SSSR count). The number of nitriles is 1. The van der Waals surface area contributed by atoms with Gasteiger partial charge in [-0.2, -0.15) is 5.26 Å². The maximum absolute atomic E-state index is 8.99. The number of rotatable bonds is 2. The van der Waals surface area contributed by atoms with Gasteiger partial charge in [0, 0.05) is 36.5 Å². The second-order valence-corrected chi connectivity index (χ2v) is 5.17. The summed E-state index contributed by atoms with van der Waals surface area (Å²) in [6.45, 7) is 3.53. The maximum atomic E-state index is 8.99. The zero-order valence-electron chi connectivity index (χ0n) is 12.1. The largest absolute Gasteiger partial charge is 0.338 e. The van der Waals surface area contributed by atoms with E-state index in [4.69, 9.17) is 10.8 Å². The molecule has 0 radical (unpaired) electrons. The lowest BCUT2D eigenvalue weighted by Gasteiger charge is -2.32. The predicted octanol–water partition coefficient (Wildman–Crippen LogP) is 2.20. The molecule has 0 N–H and O–H groups in total. The highest BCUT2D eigenvalue weighted by Crippen LogP contribution is 2.27. The fourth-order valence-corrected chi connectivity index (χ4v) is 2.44. The Morgan fingerprint density at radius 2 is 2.05 bits per heavy atom. The van der Waals surface area contributed by atoms with Gasteiger partial charge in [-0.05, 0) is 35.9 Å². The zero-order valence-corrected chi connectivity index (χ0v) is 12.1. The van der Waals surface area contributed by atoms with Crippen molar-refractivity contribution < 1.29 is 0 Å². The fourth-order valence-electron chi connectivity index (χ4n) is 2.44. The van der Waals surface area contributed by atoms with Crippen LogP contribution in [0.1, 0.15) is 5.56 Å². The fraction of sp³-hybridized carbons (Fsp3) is 0.357. The summed E-state index contributed by atoms with van der Waals surface area (Å²) in [5.74, 6) is 0.825. The highest BCUT2D eigenvalue weighted by Gasteiger charge is 2.18. The molecule has 0 aliphatic carbocycles. The average Bonchev–Trinajstić information content (AvgIpc) is 2.55. The summed E-state index contributed by atoms with van der Waals surface area (Å²) in [5, 5.41) is 13.2. The van der Waals surface area contributed by atoms with Crippen LogP contribution in [0.3, 0.4) is 0 Å². The molecule has 0 bridgehead atoms. The summed E-state index contributed by atoms with van der Waals surface area (Å²) in [7, 11) is 2.08. The minimum absolute atomic E-state index is 0.263. The van der Waals surface area contributed by atoms with Crippen molar-refractivity contribution in [2.45, 2.75) is 0 Å². The standard InChI is InChI=1S/C14H14N8/c1-21-4-6-22(7-5-21)14-17-12-3-2-10(9-15)8-11(12)13(18-14)19-20-16/h2-3,8H,4-7H2,1H3. The molecule has 2 aromatic rings. The van der Waals surface area contributed by atoms with E-state index >= 15 is 0 Å². The van der Waals surface area contributed by atoms with Crippen LogP contribution in [0.15, 0.2) is 23.3 Å². The number of hydrogen-bond donors (Lipinski definition) is 0. The van der Waals surface area contributed by atoms with Crippen LogP contribution in [0.2, 0.25) is 0 Å². The molecular weight excluding hydrogens is 280 g/mol. The Hall–Kier alpha value is -2.88. The Balaban J connectivity index is 2.09. The SMILES string of the molecule is CN1CCN(c2nc(N=[N+]=[N-])c3cc(C#N)ccc3n2)CC1. The van der Waals surface area contributed by atoms with Gasteiger partial charge >= 0.3 is 0 Å². The molecule has 22 heavy (non-hydrogen) atoms. The van der Waals surface area contributed by atoms with Crippen molar-refractivity contribution in [1.29, 1.82) is 5.26 Å². The van der Waals surface area contributed by atoms with Gasteiger partial charge < -0.3 is 9.80 Å². The predicted molar refractivity (Wildman–Crippen MR) is 82.8 cm³/mol. The van der Waals surface area contributed by atoms with Crippen LogP contribution in [0, 0.1) is 11.3 Å². The average molecular weight is 294 g/mol. The van der Waals surface area contributed by atoms with Gasteiger partial charge in [0.05, 0.1) is 17.1 Å². The monoisotopic (exact) mass is 294 g/mol. The van der Waals surface area contributed by atoms with E-state index in [0.29, 0.717) is 22.4 Å². The minimum Gasteiger partial charge on any atom is -0.338 e. The highest BCUT2D eigenvalue weighted by atomic mass is 15.3. The first-order valence-electron chi connectivity index (χ1n) is 6.92. The quantitative estimate of drug-likeness (QED) is 0.479. The van der Waals surface area contributed by atoms with E-state index in [2.05, 4.69) is 42.9 Å². The number of hydrogen-bond acceptors (Lipinski definition) is 6. The lowest BCUT2D eigenvalue weighted by atomic mass is 10.1. The molecule has 0 spiro atoms. The second kappa shape index (κ2) is 5.85. The number of benzene rings is 1. The number of piperazine rings is 1. The number of azide groups is 1. The van der Waals surface area contributed by atoms with Crippen molar-refractivity contribution in [3.63, 3.8) is 0 Å². The summed E-state index contributed by atoms with van der Waals surface area (Å²) < 4.78 is 0. The van der Waals surface area contributed by atoms with E-state index in [1.165, 1.54) is 0 Å². The van der Waals surface area contributed by atoms with E-state index in [9.17, 15) is 0 Å². The summed E-state index contributed by atoms with van der Waals surface area (Å²) >= 11 is 0. The van der Waals surface area contributed by atoms with E-state index in [0.717, 1.165) is 26.2 Å². The van der Waals surface area contributed by atoms with Gasteiger partial charge in [0.1, 0.15) is 5.82 Å². The van der Waals surface area contributed by atoms with Gasteiger partial charge in [0.15, 0.2) is 0 Å². The van der Waals surface area contributed by atoms with Crippen LogP contribution < -0.4 is 4.90 Å². The van der Waals surface area contributed by atoms with Crippen molar-refractivity contribution in [1.82, 2.24) is 14.9 Å². The molecule has 0 saturated carbocycles. The van der Waals surface area contributed by atoms with Crippen LogP contribution in [-0.4, -0.2) is 48.1 Å². The van der Waals surface area contributed by atoms with Crippen LogP contribution in [0.5, 0.6) is 0 Å². The number of anilines is 1. The van der Waals surface area contributed by atoms with Crippen molar-refractivity contribution in [2.75, 3.05) is 38.1 Å². The van der Waals surface area contributed by atoms with Gasteiger partial charge in [-0.3, -0.25) is 0 Å². The Bertz CT molecular complexity index is 794. The van der Waals surface area contributed by atoms with Gasteiger partial charge in [0.25, 0.3) is 0 Å². The molecule has 1 aromatic carbocycles. The third-order valence-electron chi connectivity index (χ3n) is 3.72. The van der Waals surface area contributed by atoms with Crippen LogP contribution in [0.25, 0.3) is 21.3 Å². The van der Waals surface area contributed by atoms with Gasteiger partial charge in [-0.15, -0.1) is 0 Å². The van der Waals surface area contributed by atoms with E-state index < -0.39 is 0 Å². The Morgan fingerprint density at radius 3 is 2.73 bits per heavy atom. The molecule has 1 aromatic heterocycles. The van der Waals surface area contributed by atoms with Crippen molar-refractivity contribution in [3.8, 4) is 6.07 Å². The summed E-state index contributed by atoms with van der Waals surface area (Å²) in [6, 6.07) is 7.16. The van der Waals surface area contributed by atoms with Crippen molar-refractivity contribution >= 4 is 22.7 Å². The summed E-state index contributed by atoms with van der Waals surface area (Å²) in [5.41, 5.74) is 9.91. The van der Waals surface area contributed by atoms with Crippen LogP contribution in [0.4, 0.5) is 11.8 Å². The smallest absolute Gasteiger partial charge is 0.226 e. The van der Waals surface area contributed by atoms with Gasteiger partial charge in [-0.25, -0.2) is 9.97 Å². The molecule has 1 aliphatic heterocycles. The Labute approximate surface area is 127 Å². The lowest BCUT2D eigenvalue weighted by Crippen LogP contribution is -2.45. The Morgan fingerprint density at radius 1 is 1.27 bits per heavy atom. The Kier molecular flexibility index (Phi) is 3.74. The van der Waals surface area contributed by atoms with E-state index in [1.54, 1.807) is 18.2 Å². The lowest BCUT2D eigenvalue weighted by molar-refractivity contribution is 0.311. The molecular formula is C14H14N8. The maximum Gasteiger partial charge on any atom is 0.226 e. The highest BCUT2D eigenvalue weighted by molar-refractivity contribution is 5.89. The third kappa shape index (κ3) is 2.63. The second-order valence-electron chi connectivity index (χ2n) is 5.17. The van der Waals surface area contributed by atoms with E-state index in [-0.39, 0.29) is 5.82 Å². The molecule has 110 valence electrons. The number of fused-ring (bicyclic) bond motifs is 1. The van der Waals surface area contributed by atoms with Gasteiger partial charge in [-0.1, -0.05) is 0 Å². The molecule has 0 unspecified atom stereocenters. The normalized spacial score (nSPS) is 15.4. The molecule has 0 amide bonds. The van der Waals surface area contributed by atoms with Crippen molar-refractivity contribution in [3.05, 3.63) is 34.2 Å². The van der Waals surface area contributed by atoms with Crippen molar-refractivity contribution in [2.24, 2.45) is 5.11 Å². The van der Waals surface area contributed by atoms with Gasteiger partial charge in [0.2, 0.25) is 5.95 Å². The molecule has 8 nitrogen and oxygen atoms in total. The molecule has 1 aliphatic rings.